The van der Waals surface area contributed by atoms with Crippen molar-refractivity contribution in [2.24, 2.45) is 9.98 Å². The van der Waals surface area contributed by atoms with E-state index in [0.29, 0.717) is 17.9 Å². The fourth-order valence-electron chi connectivity index (χ4n) is 2.26. The molecule has 2 aromatic carbocycles. The summed E-state index contributed by atoms with van der Waals surface area (Å²) in [5.74, 6) is -0.301. The van der Waals surface area contributed by atoms with Crippen LogP contribution in [0.2, 0.25) is 0 Å². The normalized spacial score (nSPS) is 15.6. The Balaban J connectivity index is 1.81. The van der Waals surface area contributed by atoms with E-state index < -0.39 is 0 Å². The minimum Gasteiger partial charge on any atom is -0.462 e. The minimum absolute atomic E-state index is 0.280. The second-order valence-corrected chi connectivity index (χ2v) is 5.14. The van der Waals surface area contributed by atoms with E-state index >= 15 is 0 Å². The molecule has 0 saturated heterocycles. The zero-order valence-electron chi connectivity index (χ0n) is 12.3. The van der Waals surface area contributed by atoms with Crippen molar-refractivity contribution in [3.63, 3.8) is 0 Å². The number of hydrogen-bond donors (Lipinski definition) is 1. The van der Waals surface area contributed by atoms with E-state index in [2.05, 4.69) is 9.98 Å². The van der Waals surface area contributed by atoms with Crippen LogP contribution in [0.25, 0.3) is 0 Å². The first-order valence-electron chi connectivity index (χ1n) is 7.25. The van der Waals surface area contributed by atoms with Gasteiger partial charge in [-0.15, -0.1) is 0 Å². The molecule has 1 unspecified atom stereocenters. The minimum atomic E-state index is -0.301. The molecular weight excluding hydrogens is 278 g/mol. The highest BCUT2D eigenvalue weighted by atomic mass is 16.5. The number of fused-ring (bicyclic) bond motifs is 1. The molecule has 112 valence electrons. The number of carbonyl (C=O) groups is 1. The molecule has 0 spiro atoms. The molecule has 1 aliphatic rings. The van der Waals surface area contributed by atoms with Crippen molar-refractivity contribution in [2.75, 3.05) is 12.3 Å². The highest BCUT2D eigenvalue weighted by Gasteiger charge is 2.14. The molecule has 0 radical (unpaired) electrons. The van der Waals surface area contributed by atoms with Crippen LogP contribution in [-0.4, -0.2) is 12.6 Å². The number of benzene rings is 2. The highest BCUT2D eigenvalue weighted by molar-refractivity contribution is 5.89. The van der Waals surface area contributed by atoms with Gasteiger partial charge in [0.2, 0.25) is 0 Å². The summed E-state index contributed by atoms with van der Waals surface area (Å²) in [6.07, 6.45) is 0.530. The maximum atomic E-state index is 11.8. The van der Waals surface area contributed by atoms with E-state index in [1.54, 1.807) is 12.1 Å². The van der Waals surface area contributed by atoms with Gasteiger partial charge in [0, 0.05) is 5.69 Å². The van der Waals surface area contributed by atoms with Gasteiger partial charge >= 0.3 is 5.97 Å². The lowest BCUT2D eigenvalue weighted by molar-refractivity contribution is 0.0505. The average molecular weight is 295 g/mol. The van der Waals surface area contributed by atoms with Gasteiger partial charge in [0.05, 0.1) is 22.9 Å². The van der Waals surface area contributed by atoms with Crippen LogP contribution in [0, 0.1) is 0 Å². The molecule has 0 saturated carbocycles. The Bertz CT molecular complexity index is 813. The number of nitrogens with two attached hydrogens (primary N) is 1. The monoisotopic (exact) mass is 295 g/mol. The summed E-state index contributed by atoms with van der Waals surface area (Å²) in [4.78, 5) is 20.9. The van der Waals surface area contributed by atoms with Crippen molar-refractivity contribution in [2.45, 2.75) is 19.5 Å². The Labute approximate surface area is 128 Å². The molecule has 0 amide bonds. The van der Waals surface area contributed by atoms with E-state index in [4.69, 9.17) is 10.5 Å². The van der Waals surface area contributed by atoms with Crippen LogP contribution in [0.15, 0.2) is 52.4 Å². The maximum absolute atomic E-state index is 11.8. The smallest absolute Gasteiger partial charge is 0.338 e. The molecule has 2 N–H and O–H groups in total. The van der Waals surface area contributed by atoms with Crippen molar-refractivity contribution >= 4 is 11.7 Å². The summed E-state index contributed by atoms with van der Waals surface area (Å²) in [6.45, 7) is 2.40. The van der Waals surface area contributed by atoms with Crippen LogP contribution in [0.4, 0.5) is 5.69 Å². The molecule has 3 rings (SSSR count). The van der Waals surface area contributed by atoms with Gasteiger partial charge in [-0.1, -0.05) is 19.1 Å². The number of nitrogen functional groups attached to an aromatic ring is 1. The van der Waals surface area contributed by atoms with Crippen molar-refractivity contribution < 1.29 is 9.53 Å². The Kier molecular flexibility index (Phi) is 3.87. The number of carbonyl (C=O) groups excluding carboxylic acids is 1. The molecule has 0 bridgehead atoms. The first-order valence-corrected chi connectivity index (χ1v) is 7.25. The van der Waals surface area contributed by atoms with Crippen LogP contribution < -0.4 is 16.4 Å². The van der Waals surface area contributed by atoms with Crippen LogP contribution in [0.3, 0.4) is 0 Å². The Morgan fingerprint density at radius 3 is 2.59 bits per heavy atom. The zero-order chi connectivity index (χ0) is 15.5. The number of ether oxygens (including phenoxy) is 1. The highest BCUT2D eigenvalue weighted by Crippen LogP contribution is 2.20. The van der Waals surface area contributed by atoms with E-state index in [1.807, 2.05) is 37.3 Å². The van der Waals surface area contributed by atoms with Crippen LogP contribution in [0.1, 0.15) is 35.4 Å². The third-order valence-corrected chi connectivity index (χ3v) is 3.40. The Morgan fingerprint density at radius 1 is 1.14 bits per heavy atom. The molecule has 1 atom stereocenters. The van der Waals surface area contributed by atoms with Crippen LogP contribution in [0.5, 0.6) is 0 Å². The molecule has 0 fully saturated rings. The molecule has 5 heteroatoms. The van der Waals surface area contributed by atoms with E-state index in [1.165, 1.54) is 0 Å². The lowest BCUT2D eigenvalue weighted by atomic mass is 10.1. The molecule has 22 heavy (non-hydrogen) atoms. The molecular formula is C17H17N3O2. The number of nitrogens with zero attached hydrogens (tertiary/aromatic N) is 2. The van der Waals surface area contributed by atoms with Gasteiger partial charge in [-0.25, -0.2) is 4.79 Å². The van der Waals surface area contributed by atoms with Gasteiger partial charge in [0.15, 0.2) is 6.17 Å². The average Bonchev–Trinajstić information content (AvgIpc) is 2.95. The largest absolute Gasteiger partial charge is 0.462 e. The topological polar surface area (TPSA) is 77.0 Å². The SMILES string of the molecule is CCCOC(=O)c1ccc(C2N=c3ccc(N)cc3=N2)cc1. The Morgan fingerprint density at radius 2 is 1.86 bits per heavy atom. The number of hydrogen-bond acceptors (Lipinski definition) is 5. The van der Waals surface area contributed by atoms with Crippen molar-refractivity contribution in [1.29, 1.82) is 0 Å². The van der Waals surface area contributed by atoms with Gasteiger partial charge < -0.3 is 10.5 Å². The van der Waals surface area contributed by atoms with E-state index in [0.717, 1.165) is 22.7 Å². The van der Waals surface area contributed by atoms with Crippen LogP contribution in [-0.2, 0) is 4.74 Å². The van der Waals surface area contributed by atoms with Gasteiger partial charge in [0.25, 0.3) is 0 Å². The van der Waals surface area contributed by atoms with Crippen molar-refractivity contribution in [3.05, 3.63) is 64.3 Å². The van der Waals surface area contributed by atoms with Gasteiger partial charge in [0.1, 0.15) is 0 Å². The predicted octanol–water partition coefficient (Wildman–Crippen LogP) is 1.79. The third-order valence-electron chi connectivity index (χ3n) is 3.40. The summed E-state index contributed by atoms with van der Waals surface area (Å²) in [5.41, 5.74) is 7.90. The first kappa shape index (κ1) is 14.3. The molecule has 1 aliphatic heterocycles. The van der Waals surface area contributed by atoms with E-state index in [-0.39, 0.29) is 12.1 Å². The fourth-order valence-corrected chi connectivity index (χ4v) is 2.26. The Hall–Kier alpha value is -2.69. The standard InChI is InChI=1S/C17H17N3O2/c1-2-9-22-17(21)12-5-3-11(4-6-12)16-19-14-8-7-13(18)10-15(14)20-16/h3-8,10,16H,2,9,18H2,1H3. The fraction of sp³-hybridized carbons (Fsp3) is 0.235. The van der Waals surface area contributed by atoms with Crippen molar-refractivity contribution in [3.8, 4) is 0 Å². The summed E-state index contributed by atoms with van der Waals surface area (Å²) in [7, 11) is 0. The third kappa shape index (κ3) is 2.83. The lowest BCUT2D eigenvalue weighted by Crippen LogP contribution is -2.21. The predicted molar refractivity (Wildman–Crippen MR) is 82.9 cm³/mol. The second kappa shape index (κ2) is 5.97. The number of anilines is 1. The molecule has 0 aromatic heterocycles. The quantitative estimate of drug-likeness (QED) is 0.690. The van der Waals surface area contributed by atoms with Gasteiger partial charge in [-0.3, -0.25) is 9.98 Å². The van der Waals surface area contributed by atoms with Crippen LogP contribution >= 0.6 is 0 Å². The molecule has 5 nitrogen and oxygen atoms in total. The molecule has 1 heterocycles. The van der Waals surface area contributed by atoms with Gasteiger partial charge in [-0.05, 0) is 42.3 Å². The van der Waals surface area contributed by atoms with E-state index in [9.17, 15) is 4.79 Å². The number of esters is 1. The molecule has 0 aliphatic carbocycles. The molecule has 2 aromatic rings. The summed E-state index contributed by atoms with van der Waals surface area (Å²) >= 11 is 0. The first-order chi connectivity index (χ1) is 10.7. The number of rotatable bonds is 4. The summed E-state index contributed by atoms with van der Waals surface area (Å²) in [6, 6.07) is 12.7. The van der Waals surface area contributed by atoms with Crippen molar-refractivity contribution in [1.82, 2.24) is 0 Å². The maximum Gasteiger partial charge on any atom is 0.338 e. The second-order valence-electron chi connectivity index (χ2n) is 5.14. The zero-order valence-corrected chi connectivity index (χ0v) is 12.3. The summed E-state index contributed by atoms with van der Waals surface area (Å²) in [5, 5.41) is 1.64. The van der Waals surface area contributed by atoms with Gasteiger partial charge in [-0.2, -0.15) is 0 Å². The lowest BCUT2D eigenvalue weighted by Gasteiger charge is -2.06. The summed E-state index contributed by atoms with van der Waals surface area (Å²) < 4.78 is 5.11.